The molecule has 244 valence electrons. The third kappa shape index (κ3) is 5.86. The third-order valence-electron chi connectivity index (χ3n) is 8.29. The molecule has 3 aliphatic rings. The zero-order valence-electron chi connectivity index (χ0n) is 25.4. The summed E-state index contributed by atoms with van der Waals surface area (Å²) in [4.78, 5) is 55.5. The van der Waals surface area contributed by atoms with Crippen LogP contribution in [0.5, 0.6) is 5.75 Å². The number of likely N-dealkylation sites (N-methyl/N-ethyl adjacent to an activating group) is 1. The maximum Gasteiger partial charge on any atom is 0.255 e. The smallest absolute Gasteiger partial charge is 0.255 e. The molecule has 0 aromatic heterocycles. The number of halogens is 2. The second-order valence-electron chi connectivity index (χ2n) is 12.1. The van der Waals surface area contributed by atoms with Gasteiger partial charge in [-0.1, -0.05) is 13.8 Å². The molecule has 3 aliphatic carbocycles. The van der Waals surface area contributed by atoms with Crippen molar-refractivity contribution in [2.45, 2.75) is 38.3 Å². The second kappa shape index (κ2) is 13.3. The lowest BCUT2D eigenvalue weighted by Gasteiger charge is -2.50. The minimum Gasteiger partial charge on any atom is -0.510 e. The normalized spacial score (nSPS) is 24.2. The Balaban J connectivity index is 0.00000337. The van der Waals surface area contributed by atoms with Gasteiger partial charge in [0.1, 0.15) is 17.1 Å². The van der Waals surface area contributed by atoms with Gasteiger partial charge in [-0.3, -0.25) is 24.1 Å². The van der Waals surface area contributed by atoms with Gasteiger partial charge in [-0.15, -0.1) is 24.8 Å². The van der Waals surface area contributed by atoms with E-state index in [4.69, 9.17) is 5.73 Å². The number of carbonyl (C=O) groups excluding carboxylic acids is 4. The number of ketones is 2. The summed E-state index contributed by atoms with van der Waals surface area (Å²) in [5.41, 5.74) is 2.34. The number of aliphatic hydroxyl groups is 3. The zero-order valence-corrected chi connectivity index (χ0v) is 27.1. The number of anilines is 2. The van der Waals surface area contributed by atoms with E-state index >= 15 is 0 Å². The van der Waals surface area contributed by atoms with Crippen LogP contribution < -0.4 is 21.3 Å². The Labute approximate surface area is 268 Å². The fourth-order valence-corrected chi connectivity index (χ4v) is 6.46. The van der Waals surface area contributed by atoms with E-state index in [0.29, 0.717) is 23.7 Å². The van der Waals surface area contributed by atoms with Gasteiger partial charge in [0.05, 0.1) is 23.8 Å². The highest BCUT2D eigenvalue weighted by Gasteiger charge is 2.63. The van der Waals surface area contributed by atoms with Crippen LogP contribution in [0.3, 0.4) is 0 Å². The molecule has 0 saturated carbocycles. The van der Waals surface area contributed by atoms with E-state index in [1.807, 2.05) is 13.8 Å². The summed E-state index contributed by atoms with van der Waals surface area (Å²) in [7, 11) is 6.63. The highest BCUT2D eigenvalue weighted by Crippen LogP contribution is 2.53. The van der Waals surface area contributed by atoms with Crippen LogP contribution in [0.25, 0.3) is 0 Å². The van der Waals surface area contributed by atoms with E-state index in [2.05, 4.69) is 10.6 Å². The van der Waals surface area contributed by atoms with Gasteiger partial charge in [0.2, 0.25) is 11.7 Å². The van der Waals surface area contributed by atoms with Gasteiger partial charge in [-0.2, -0.15) is 0 Å². The first-order chi connectivity index (χ1) is 19.5. The molecular weight excluding hydrogens is 617 g/mol. The fourth-order valence-electron chi connectivity index (χ4n) is 6.46. The molecule has 0 saturated heterocycles. The largest absolute Gasteiger partial charge is 0.510 e. The van der Waals surface area contributed by atoms with Crippen LogP contribution in [0, 0.1) is 17.8 Å². The van der Waals surface area contributed by atoms with Gasteiger partial charge >= 0.3 is 0 Å². The number of nitrogens with one attached hydrogen (secondary N) is 2. The van der Waals surface area contributed by atoms with Crippen LogP contribution in [0.4, 0.5) is 11.4 Å². The Kier molecular flexibility index (Phi) is 11.2. The Morgan fingerprint density at radius 2 is 1.73 bits per heavy atom. The number of aromatic hydroxyl groups is 1. The van der Waals surface area contributed by atoms with Gasteiger partial charge in [-0.25, -0.2) is 0 Å². The minimum absolute atomic E-state index is 0. The number of phenolic OH excluding ortho intramolecular Hbond substituents is 1. The monoisotopic (exact) mass is 657 g/mol. The first kappa shape index (κ1) is 36.8. The molecule has 15 heteroatoms. The summed E-state index contributed by atoms with van der Waals surface area (Å²) in [5, 5.41) is 51.0. The van der Waals surface area contributed by atoms with Crippen molar-refractivity contribution >= 4 is 59.6 Å². The number of hydrogen-bond donors (Lipinski definition) is 7. The van der Waals surface area contributed by atoms with Crippen molar-refractivity contribution < 1.29 is 39.6 Å². The molecule has 1 aromatic rings. The standard InChI is InChI=1S/C29H39N5O8.2ClH/c1-12(2)10-31-11-18(35)32-16-9-17(33(3)4)14-7-13-8-15-22(34(5)6)25(38)21(28(30)41)27(40)29(15,42)26(39)19(13)24(37)20(14)23(16)36;;/h9,12-13,15,22,31,36,38-39,42H,7-8,10-11H2,1-6H3,(H2,30,41)(H,32,35);2*1H/t13?,15?,22-,29-;;/m0../s1. The van der Waals surface area contributed by atoms with Crippen molar-refractivity contribution in [2.24, 2.45) is 23.5 Å². The number of primary amides is 1. The van der Waals surface area contributed by atoms with Crippen molar-refractivity contribution in [1.82, 2.24) is 10.2 Å². The number of fused-ring (bicyclic) bond motifs is 3. The molecule has 44 heavy (non-hydrogen) atoms. The highest BCUT2D eigenvalue weighted by atomic mass is 35.5. The number of hydrogen-bond acceptors (Lipinski definition) is 11. The molecule has 2 unspecified atom stereocenters. The molecule has 4 rings (SSSR count). The van der Waals surface area contributed by atoms with Crippen molar-refractivity contribution in [3.05, 3.63) is 39.9 Å². The Morgan fingerprint density at radius 3 is 2.25 bits per heavy atom. The Hall–Kier alpha value is -3.36. The van der Waals surface area contributed by atoms with Gasteiger partial charge in [0, 0.05) is 31.3 Å². The fraction of sp³-hybridized carbons (Fsp3) is 0.517. The summed E-state index contributed by atoms with van der Waals surface area (Å²) in [6, 6.07) is 0.495. The first-order valence-corrected chi connectivity index (χ1v) is 13.7. The number of carbonyl (C=O) groups is 4. The zero-order chi connectivity index (χ0) is 31.4. The lowest BCUT2D eigenvalue weighted by molar-refractivity contribution is -0.148. The van der Waals surface area contributed by atoms with E-state index in [1.165, 1.54) is 4.90 Å². The average molecular weight is 659 g/mol. The molecule has 1 aromatic carbocycles. The van der Waals surface area contributed by atoms with E-state index in [-0.39, 0.29) is 61.0 Å². The molecule has 0 spiro atoms. The number of amides is 2. The molecular formula is C29H41Cl2N5O8. The molecule has 0 heterocycles. The van der Waals surface area contributed by atoms with E-state index in [9.17, 15) is 39.6 Å². The van der Waals surface area contributed by atoms with Crippen LogP contribution in [0.2, 0.25) is 0 Å². The summed E-state index contributed by atoms with van der Waals surface area (Å²) in [5.74, 6) is -7.43. The maximum absolute atomic E-state index is 14.1. The molecule has 0 aliphatic heterocycles. The highest BCUT2D eigenvalue weighted by molar-refractivity contribution is 6.25. The predicted octanol–water partition coefficient (Wildman–Crippen LogP) is 1.21. The molecule has 8 N–H and O–H groups in total. The average Bonchev–Trinajstić information content (AvgIpc) is 2.87. The summed E-state index contributed by atoms with van der Waals surface area (Å²) in [6.07, 6.45) is 0.124. The number of phenols is 1. The van der Waals surface area contributed by atoms with E-state index in [0.717, 1.165) is 0 Å². The lowest BCUT2D eigenvalue weighted by Crippen LogP contribution is -2.63. The van der Waals surface area contributed by atoms with Gasteiger partial charge in [-0.05, 0) is 56.9 Å². The van der Waals surface area contributed by atoms with Crippen LogP contribution in [-0.4, -0.2) is 102 Å². The van der Waals surface area contributed by atoms with Gasteiger partial charge in [0.25, 0.3) is 5.91 Å². The topological polar surface area (TPSA) is 206 Å². The number of allylic oxidation sites excluding steroid dienone is 1. The van der Waals surface area contributed by atoms with Crippen LogP contribution >= 0.6 is 24.8 Å². The summed E-state index contributed by atoms with van der Waals surface area (Å²) < 4.78 is 0. The summed E-state index contributed by atoms with van der Waals surface area (Å²) >= 11 is 0. The lowest BCUT2D eigenvalue weighted by atomic mass is 9.58. The molecule has 0 fully saturated rings. The Morgan fingerprint density at radius 1 is 1.11 bits per heavy atom. The van der Waals surface area contributed by atoms with E-state index < -0.39 is 69.7 Å². The molecule has 4 atom stereocenters. The number of nitrogens with zero attached hydrogens (tertiary/aromatic N) is 2. The first-order valence-electron chi connectivity index (χ1n) is 13.7. The number of nitrogens with two attached hydrogens (primary N) is 1. The van der Waals surface area contributed by atoms with Crippen molar-refractivity contribution in [2.75, 3.05) is 51.5 Å². The predicted molar refractivity (Wildman–Crippen MR) is 169 cm³/mol. The Bertz CT molecular complexity index is 1440. The van der Waals surface area contributed by atoms with Crippen molar-refractivity contribution in [3.8, 4) is 5.75 Å². The molecule has 0 radical (unpaired) electrons. The summed E-state index contributed by atoms with van der Waals surface area (Å²) in [6.45, 7) is 4.55. The number of rotatable bonds is 8. The van der Waals surface area contributed by atoms with Crippen LogP contribution in [0.1, 0.15) is 36.2 Å². The number of aliphatic hydroxyl groups excluding tert-OH is 2. The van der Waals surface area contributed by atoms with E-state index in [1.54, 1.807) is 39.2 Å². The number of Topliss-reactive ketones (excluding diaryl/α,β-unsaturated/α-hetero) is 2. The molecule has 0 bridgehead atoms. The molecule has 2 amide bonds. The SMILES string of the molecule is CC(C)CNCC(=O)Nc1cc(N(C)C)c2c(c1O)C(=O)C1=C(O)[C@]3(O)C(=O)C(C(N)=O)=C(O)[C@@H](N(C)C)C3CC1C2.Cl.Cl. The molecule has 13 nitrogen and oxygen atoms in total. The van der Waals surface area contributed by atoms with Crippen molar-refractivity contribution in [1.29, 1.82) is 0 Å². The second-order valence-corrected chi connectivity index (χ2v) is 12.1. The van der Waals surface area contributed by atoms with Crippen molar-refractivity contribution in [3.63, 3.8) is 0 Å². The van der Waals surface area contributed by atoms with Gasteiger partial charge < -0.3 is 41.7 Å². The van der Waals surface area contributed by atoms with Crippen LogP contribution in [-0.2, 0) is 20.8 Å². The number of benzene rings is 1. The third-order valence-corrected chi connectivity index (χ3v) is 8.29. The quantitative estimate of drug-likeness (QED) is 0.156. The van der Waals surface area contributed by atoms with Crippen LogP contribution in [0.15, 0.2) is 28.7 Å². The van der Waals surface area contributed by atoms with Gasteiger partial charge in [0.15, 0.2) is 17.1 Å². The minimum atomic E-state index is -2.72. The maximum atomic E-state index is 14.1.